The monoisotopic (exact) mass is 293 g/mol. The van der Waals surface area contributed by atoms with Gasteiger partial charge in [0, 0.05) is 32.8 Å². The van der Waals surface area contributed by atoms with Crippen LogP contribution in [0.1, 0.15) is 25.3 Å². The first-order valence-corrected chi connectivity index (χ1v) is 7.43. The summed E-state index contributed by atoms with van der Waals surface area (Å²) in [6, 6.07) is 5.37. The fourth-order valence-electron chi connectivity index (χ4n) is 2.68. The number of hydrogen-bond donors (Lipinski definition) is 1. The van der Waals surface area contributed by atoms with E-state index in [0.717, 1.165) is 38.1 Å². The van der Waals surface area contributed by atoms with Crippen molar-refractivity contribution in [2.45, 2.75) is 32.4 Å². The van der Waals surface area contributed by atoms with Crippen LogP contribution in [0.5, 0.6) is 0 Å². The van der Waals surface area contributed by atoms with Crippen molar-refractivity contribution in [3.63, 3.8) is 0 Å². The van der Waals surface area contributed by atoms with Gasteiger partial charge in [-0.3, -0.25) is 15.0 Å². The molecule has 1 aliphatic heterocycles. The highest BCUT2D eigenvalue weighted by Crippen LogP contribution is 2.26. The first-order chi connectivity index (χ1) is 10.1. The molecule has 0 amide bonds. The van der Waals surface area contributed by atoms with E-state index in [2.05, 4.69) is 17.1 Å². The molecule has 1 heterocycles. The molecule has 0 saturated carbocycles. The van der Waals surface area contributed by atoms with E-state index < -0.39 is 0 Å². The molecule has 0 spiro atoms. The molecule has 1 aromatic rings. The normalized spacial score (nSPS) is 18.1. The number of benzene rings is 1. The molecule has 6 heteroatoms. The van der Waals surface area contributed by atoms with Crippen molar-refractivity contribution in [3.05, 3.63) is 33.9 Å². The lowest BCUT2D eigenvalue weighted by molar-refractivity contribution is -0.384. The Bertz CT molecular complexity index is 487. The van der Waals surface area contributed by atoms with Crippen molar-refractivity contribution in [2.75, 3.05) is 32.1 Å². The molecule has 1 saturated heterocycles. The molecule has 1 unspecified atom stereocenters. The number of nitro benzene ring substituents is 1. The Hall–Kier alpha value is -1.66. The van der Waals surface area contributed by atoms with Crippen molar-refractivity contribution >= 4 is 11.4 Å². The lowest BCUT2D eigenvalue weighted by Gasteiger charge is -2.23. The summed E-state index contributed by atoms with van der Waals surface area (Å²) in [6.07, 6.45) is 2.54. The van der Waals surface area contributed by atoms with Gasteiger partial charge in [0.25, 0.3) is 5.69 Å². The minimum Gasteiger partial charge on any atom is -0.383 e. The Morgan fingerprint density at radius 2 is 2.33 bits per heavy atom. The van der Waals surface area contributed by atoms with E-state index in [-0.39, 0.29) is 10.6 Å². The molecule has 1 aromatic carbocycles. The zero-order chi connectivity index (χ0) is 15.2. The smallest absolute Gasteiger partial charge is 0.292 e. The molecule has 0 aromatic heterocycles. The lowest BCUT2D eigenvalue weighted by Crippen LogP contribution is -2.31. The second kappa shape index (κ2) is 7.38. The van der Waals surface area contributed by atoms with Crippen LogP contribution in [-0.2, 0) is 11.3 Å². The standard InChI is InChI=1S/C15H23N3O3/c1-3-17(11-13-5-4-8-21-13)10-12-6-7-14(16-2)15(9-12)18(19)20/h6-7,9,13,16H,3-5,8,10-11H2,1-2H3. The average Bonchev–Trinajstić information content (AvgIpc) is 2.99. The molecule has 6 nitrogen and oxygen atoms in total. The number of likely N-dealkylation sites (N-methyl/N-ethyl adjacent to an activating group) is 1. The summed E-state index contributed by atoms with van der Waals surface area (Å²) in [5.74, 6) is 0. The minimum absolute atomic E-state index is 0.128. The van der Waals surface area contributed by atoms with E-state index in [9.17, 15) is 10.1 Å². The van der Waals surface area contributed by atoms with Crippen LogP contribution in [0.15, 0.2) is 18.2 Å². The molecule has 1 atom stereocenters. The Morgan fingerprint density at radius 1 is 1.52 bits per heavy atom. The van der Waals surface area contributed by atoms with Crippen LogP contribution in [-0.4, -0.2) is 42.7 Å². The topological polar surface area (TPSA) is 67.6 Å². The van der Waals surface area contributed by atoms with Gasteiger partial charge < -0.3 is 10.1 Å². The second-order valence-corrected chi connectivity index (χ2v) is 5.32. The minimum atomic E-state index is -0.342. The van der Waals surface area contributed by atoms with E-state index in [1.165, 1.54) is 0 Å². The number of rotatable bonds is 7. The molecule has 21 heavy (non-hydrogen) atoms. The Balaban J connectivity index is 2.06. The van der Waals surface area contributed by atoms with E-state index >= 15 is 0 Å². The number of nitrogens with zero attached hydrogens (tertiary/aromatic N) is 2. The summed E-state index contributed by atoms with van der Waals surface area (Å²) in [5, 5.41) is 14.0. The van der Waals surface area contributed by atoms with Gasteiger partial charge in [-0.25, -0.2) is 0 Å². The predicted octanol–water partition coefficient (Wildman–Crippen LogP) is 2.64. The number of ether oxygens (including phenoxy) is 1. The maximum atomic E-state index is 11.1. The van der Waals surface area contributed by atoms with Crippen LogP contribution in [0, 0.1) is 10.1 Å². The van der Waals surface area contributed by atoms with Gasteiger partial charge in [0.05, 0.1) is 11.0 Å². The van der Waals surface area contributed by atoms with Crippen LogP contribution in [0.2, 0.25) is 0 Å². The molecule has 2 rings (SSSR count). The predicted molar refractivity (Wildman–Crippen MR) is 82.6 cm³/mol. The average molecular weight is 293 g/mol. The second-order valence-electron chi connectivity index (χ2n) is 5.32. The molecular weight excluding hydrogens is 270 g/mol. The zero-order valence-electron chi connectivity index (χ0n) is 12.7. The number of anilines is 1. The van der Waals surface area contributed by atoms with Gasteiger partial charge in [-0.15, -0.1) is 0 Å². The van der Waals surface area contributed by atoms with Crippen LogP contribution in [0.3, 0.4) is 0 Å². The highest BCUT2D eigenvalue weighted by molar-refractivity contribution is 5.62. The largest absolute Gasteiger partial charge is 0.383 e. The molecule has 0 radical (unpaired) electrons. The van der Waals surface area contributed by atoms with Crippen LogP contribution >= 0.6 is 0 Å². The highest BCUT2D eigenvalue weighted by Gasteiger charge is 2.19. The quantitative estimate of drug-likeness (QED) is 0.618. The maximum Gasteiger partial charge on any atom is 0.292 e. The number of nitrogens with one attached hydrogen (secondary N) is 1. The van der Waals surface area contributed by atoms with Gasteiger partial charge in [0.2, 0.25) is 0 Å². The lowest BCUT2D eigenvalue weighted by atomic mass is 10.1. The summed E-state index contributed by atoms with van der Waals surface area (Å²) >= 11 is 0. The summed E-state index contributed by atoms with van der Waals surface area (Å²) in [5.41, 5.74) is 1.63. The van der Waals surface area contributed by atoms with Crippen molar-refractivity contribution in [3.8, 4) is 0 Å². The highest BCUT2D eigenvalue weighted by atomic mass is 16.6. The van der Waals surface area contributed by atoms with E-state index in [1.54, 1.807) is 19.2 Å². The maximum absolute atomic E-state index is 11.1. The molecule has 0 aliphatic carbocycles. The Morgan fingerprint density at radius 3 is 2.90 bits per heavy atom. The SMILES string of the molecule is CCN(Cc1ccc(NC)c([N+](=O)[O-])c1)CC1CCCO1. The van der Waals surface area contributed by atoms with Crippen molar-refractivity contribution < 1.29 is 9.66 Å². The first kappa shape index (κ1) is 15.7. The summed E-state index contributed by atoms with van der Waals surface area (Å²) in [7, 11) is 1.69. The summed E-state index contributed by atoms with van der Waals surface area (Å²) in [4.78, 5) is 13.0. The summed E-state index contributed by atoms with van der Waals surface area (Å²) in [6.45, 7) is 5.45. The molecule has 0 bridgehead atoms. The van der Waals surface area contributed by atoms with Crippen LogP contribution < -0.4 is 5.32 Å². The van der Waals surface area contributed by atoms with Crippen LogP contribution in [0.25, 0.3) is 0 Å². The third kappa shape index (κ3) is 4.15. The van der Waals surface area contributed by atoms with Gasteiger partial charge in [-0.1, -0.05) is 13.0 Å². The Kier molecular flexibility index (Phi) is 5.52. The van der Waals surface area contributed by atoms with Gasteiger partial charge in [0.1, 0.15) is 5.69 Å². The van der Waals surface area contributed by atoms with Crippen LogP contribution in [0.4, 0.5) is 11.4 Å². The number of nitro groups is 1. The molecule has 1 N–H and O–H groups in total. The molecular formula is C15H23N3O3. The zero-order valence-corrected chi connectivity index (χ0v) is 12.7. The number of hydrogen-bond acceptors (Lipinski definition) is 5. The van der Waals surface area contributed by atoms with E-state index in [0.29, 0.717) is 18.3 Å². The van der Waals surface area contributed by atoms with Crippen molar-refractivity contribution in [1.82, 2.24) is 4.90 Å². The summed E-state index contributed by atoms with van der Waals surface area (Å²) < 4.78 is 5.66. The van der Waals surface area contributed by atoms with E-state index in [1.807, 2.05) is 6.07 Å². The fourth-order valence-corrected chi connectivity index (χ4v) is 2.68. The third-order valence-electron chi connectivity index (χ3n) is 3.87. The molecule has 1 aliphatic rings. The van der Waals surface area contributed by atoms with Gasteiger partial charge >= 0.3 is 0 Å². The molecule has 116 valence electrons. The first-order valence-electron chi connectivity index (χ1n) is 7.43. The third-order valence-corrected chi connectivity index (χ3v) is 3.87. The van der Waals surface area contributed by atoms with Crippen molar-refractivity contribution in [2.24, 2.45) is 0 Å². The Labute approximate surface area is 125 Å². The van der Waals surface area contributed by atoms with Crippen molar-refractivity contribution in [1.29, 1.82) is 0 Å². The van der Waals surface area contributed by atoms with E-state index in [4.69, 9.17) is 4.74 Å². The van der Waals surface area contributed by atoms with Gasteiger partial charge in [0.15, 0.2) is 0 Å². The van der Waals surface area contributed by atoms with Gasteiger partial charge in [-0.05, 0) is 31.0 Å². The fraction of sp³-hybridized carbons (Fsp3) is 0.600. The molecule has 1 fully saturated rings. The van der Waals surface area contributed by atoms with Gasteiger partial charge in [-0.2, -0.15) is 0 Å².